The minimum Gasteiger partial charge on any atom is -0.497 e. The summed E-state index contributed by atoms with van der Waals surface area (Å²) >= 11 is 0. The minimum absolute atomic E-state index is 0.0711. The second-order valence-electron chi connectivity index (χ2n) is 7.38. The molecular formula is C25H26N2O3. The van der Waals surface area contributed by atoms with Gasteiger partial charge in [0, 0.05) is 23.5 Å². The summed E-state index contributed by atoms with van der Waals surface area (Å²) in [5.41, 5.74) is 5.09. The molecule has 0 saturated carbocycles. The van der Waals surface area contributed by atoms with Gasteiger partial charge in [-0.25, -0.2) is 0 Å². The summed E-state index contributed by atoms with van der Waals surface area (Å²) in [5, 5.41) is 3.36. The van der Waals surface area contributed by atoms with Gasteiger partial charge < -0.3 is 19.7 Å². The van der Waals surface area contributed by atoms with Crippen molar-refractivity contribution < 1.29 is 14.3 Å². The van der Waals surface area contributed by atoms with Crippen LogP contribution in [0.5, 0.6) is 11.5 Å². The molecule has 1 heterocycles. The van der Waals surface area contributed by atoms with Crippen LogP contribution in [0, 0.1) is 0 Å². The molecule has 5 heteroatoms. The molecule has 3 aromatic rings. The molecule has 0 radical (unpaired) electrons. The fraction of sp³-hybridized carbons (Fsp3) is 0.240. The molecule has 0 bridgehead atoms. The van der Waals surface area contributed by atoms with E-state index in [0.29, 0.717) is 0 Å². The van der Waals surface area contributed by atoms with E-state index in [9.17, 15) is 4.79 Å². The van der Waals surface area contributed by atoms with Crippen molar-refractivity contribution in [1.82, 2.24) is 0 Å². The Balaban J connectivity index is 1.55. The Morgan fingerprint density at radius 1 is 1.00 bits per heavy atom. The zero-order chi connectivity index (χ0) is 21.1. The molecule has 30 heavy (non-hydrogen) atoms. The van der Waals surface area contributed by atoms with E-state index in [2.05, 4.69) is 11.4 Å². The van der Waals surface area contributed by atoms with E-state index in [1.54, 1.807) is 14.2 Å². The third kappa shape index (κ3) is 3.83. The maximum absolute atomic E-state index is 13.1. The van der Waals surface area contributed by atoms with Crippen LogP contribution >= 0.6 is 0 Å². The van der Waals surface area contributed by atoms with Gasteiger partial charge in [0.25, 0.3) is 0 Å². The van der Waals surface area contributed by atoms with Gasteiger partial charge in [0.15, 0.2) is 0 Å². The van der Waals surface area contributed by atoms with E-state index in [-0.39, 0.29) is 11.9 Å². The number of benzene rings is 3. The van der Waals surface area contributed by atoms with Gasteiger partial charge in [-0.2, -0.15) is 0 Å². The van der Waals surface area contributed by atoms with E-state index < -0.39 is 0 Å². The molecule has 1 aliphatic rings. The fourth-order valence-electron chi connectivity index (χ4n) is 3.91. The molecule has 1 amide bonds. The van der Waals surface area contributed by atoms with Crippen molar-refractivity contribution in [2.45, 2.75) is 19.4 Å². The number of carbonyl (C=O) groups is 1. The molecule has 154 valence electrons. The zero-order valence-corrected chi connectivity index (χ0v) is 17.5. The molecule has 0 fully saturated rings. The molecular weight excluding hydrogens is 376 g/mol. The Morgan fingerprint density at radius 2 is 1.77 bits per heavy atom. The highest BCUT2D eigenvalue weighted by molar-refractivity contribution is 6.00. The van der Waals surface area contributed by atoms with Gasteiger partial charge in [0.2, 0.25) is 5.91 Å². The zero-order valence-electron chi connectivity index (χ0n) is 17.5. The van der Waals surface area contributed by atoms with Gasteiger partial charge in [-0.1, -0.05) is 30.3 Å². The highest BCUT2D eigenvalue weighted by atomic mass is 16.5. The van der Waals surface area contributed by atoms with E-state index in [1.165, 1.54) is 5.56 Å². The summed E-state index contributed by atoms with van der Waals surface area (Å²) in [4.78, 5) is 15.0. The Labute approximate surface area is 177 Å². The normalized spacial score (nSPS) is 13.5. The SMILES string of the molecule is COc1ccc(-c2cc(N[C@@H](C)C(=O)N3CCc4ccccc43)ccc2OC)cc1. The summed E-state index contributed by atoms with van der Waals surface area (Å²) < 4.78 is 10.8. The fourth-order valence-corrected chi connectivity index (χ4v) is 3.91. The summed E-state index contributed by atoms with van der Waals surface area (Å²) in [6.45, 7) is 2.63. The van der Waals surface area contributed by atoms with Gasteiger partial charge in [-0.3, -0.25) is 4.79 Å². The number of amides is 1. The molecule has 1 N–H and O–H groups in total. The Hall–Kier alpha value is -3.47. The van der Waals surface area contributed by atoms with Gasteiger partial charge in [0.1, 0.15) is 17.5 Å². The van der Waals surface area contributed by atoms with Crippen molar-refractivity contribution in [3.05, 3.63) is 72.3 Å². The third-order valence-electron chi connectivity index (χ3n) is 5.51. The molecule has 0 saturated heterocycles. The first-order chi connectivity index (χ1) is 14.6. The maximum atomic E-state index is 13.1. The Morgan fingerprint density at radius 3 is 2.50 bits per heavy atom. The second-order valence-corrected chi connectivity index (χ2v) is 7.38. The van der Waals surface area contributed by atoms with E-state index >= 15 is 0 Å². The van der Waals surface area contributed by atoms with Crippen molar-refractivity contribution in [3.63, 3.8) is 0 Å². The molecule has 0 aliphatic carbocycles. The number of nitrogens with zero attached hydrogens (tertiary/aromatic N) is 1. The molecule has 0 unspecified atom stereocenters. The standard InChI is InChI=1S/C25H26N2O3/c1-17(25(28)27-15-14-19-6-4-5-7-23(19)27)26-20-10-13-24(30-3)22(16-20)18-8-11-21(29-2)12-9-18/h4-13,16-17,26H,14-15H2,1-3H3/t17-/m0/s1. The first-order valence-electron chi connectivity index (χ1n) is 10.1. The smallest absolute Gasteiger partial charge is 0.249 e. The van der Waals surface area contributed by atoms with E-state index in [4.69, 9.17) is 9.47 Å². The second kappa shape index (κ2) is 8.49. The number of anilines is 2. The predicted octanol–water partition coefficient (Wildman–Crippen LogP) is 4.76. The quantitative estimate of drug-likeness (QED) is 0.646. The predicted molar refractivity (Wildman–Crippen MR) is 121 cm³/mol. The van der Waals surface area contributed by atoms with Crippen LogP contribution in [0.4, 0.5) is 11.4 Å². The summed E-state index contributed by atoms with van der Waals surface area (Å²) in [7, 11) is 3.31. The van der Waals surface area contributed by atoms with Crippen LogP contribution in [0.1, 0.15) is 12.5 Å². The van der Waals surface area contributed by atoms with Crippen molar-refractivity contribution in [2.75, 3.05) is 31.0 Å². The van der Waals surface area contributed by atoms with Crippen molar-refractivity contribution in [1.29, 1.82) is 0 Å². The number of methoxy groups -OCH3 is 2. The average molecular weight is 402 g/mol. The van der Waals surface area contributed by atoms with Crippen LogP contribution in [0.15, 0.2) is 66.7 Å². The van der Waals surface area contributed by atoms with Crippen LogP contribution in [0.25, 0.3) is 11.1 Å². The largest absolute Gasteiger partial charge is 0.497 e. The summed E-state index contributed by atoms with van der Waals surface area (Å²) in [5.74, 6) is 1.65. The number of hydrogen-bond donors (Lipinski definition) is 1. The van der Waals surface area contributed by atoms with Gasteiger partial charge in [-0.05, 0) is 60.9 Å². The minimum atomic E-state index is -0.353. The van der Waals surface area contributed by atoms with E-state index in [1.807, 2.05) is 72.5 Å². The molecule has 0 spiro atoms. The van der Waals surface area contributed by atoms with Crippen LogP contribution < -0.4 is 19.7 Å². The number of nitrogens with one attached hydrogen (secondary N) is 1. The number of rotatable bonds is 6. The molecule has 0 aromatic heterocycles. The van der Waals surface area contributed by atoms with E-state index in [0.717, 1.165) is 47.0 Å². The topological polar surface area (TPSA) is 50.8 Å². The number of ether oxygens (including phenoxy) is 2. The highest BCUT2D eigenvalue weighted by Gasteiger charge is 2.27. The van der Waals surface area contributed by atoms with Crippen molar-refractivity contribution in [2.24, 2.45) is 0 Å². The summed E-state index contributed by atoms with van der Waals surface area (Å²) in [6, 6.07) is 21.5. The molecule has 4 rings (SSSR count). The molecule has 1 aliphatic heterocycles. The van der Waals surface area contributed by atoms with Gasteiger partial charge >= 0.3 is 0 Å². The monoisotopic (exact) mass is 402 g/mol. The third-order valence-corrected chi connectivity index (χ3v) is 5.51. The van der Waals surface area contributed by atoms with Gasteiger partial charge in [-0.15, -0.1) is 0 Å². The molecule has 5 nitrogen and oxygen atoms in total. The first-order valence-corrected chi connectivity index (χ1v) is 10.1. The van der Waals surface area contributed by atoms with Gasteiger partial charge in [0.05, 0.1) is 14.2 Å². The molecule has 3 aromatic carbocycles. The Bertz CT molecular complexity index is 1050. The number of fused-ring (bicyclic) bond motifs is 1. The number of hydrogen-bond acceptors (Lipinski definition) is 4. The first kappa shape index (κ1) is 19.8. The lowest BCUT2D eigenvalue weighted by molar-refractivity contribution is -0.118. The maximum Gasteiger partial charge on any atom is 0.249 e. The number of carbonyl (C=O) groups excluding carboxylic acids is 1. The van der Waals surface area contributed by atoms with Crippen molar-refractivity contribution in [3.8, 4) is 22.6 Å². The lowest BCUT2D eigenvalue weighted by Crippen LogP contribution is -2.40. The van der Waals surface area contributed by atoms with Crippen LogP contribution in [-0.2, 0) is 11.2 Å². The van der Waals surface area contributed by atoms with Crippen LogP contribution in [0.3, 0.4) is 0 Å². The van der Waals surface area contributed by atoms with Crippen molar-refractivity contribution >= 4 is 17.3 Å². The number of para-hydroxylation sites is 1. The lowest BCUT2D eigenvalue weighted by atomic mass is 10.0. The lowest BCUT2D eigenvalue weighted by Gasteiger charge is -2.23. The van der Waals surface area contributed by atoms with Crippen LogP contribution in [-0.4, -0.2) is 32.7 Å². The molecule has 1 atom stereocenters. The van der Waals surface area contributed by atoms with Crippen LogP contribution in [0.2, 0.25) is 0 Å². The Kier molecular flexibility index (Phi) is 5.61. The summed E-state index contributed by atoms with van der Waals surface area (Å²) in [6.07, 6.45) is 0.902. The highest BCUT2D eigenvalue weighted by Crippen LogP contribution is 2.34. The average Bonchev–Trinajstić information content (AvgIpc) is 3.22.